The van der Waals surface area contributed by atoms with Gasteiger partial charge in [-0.1, -0.05) is 18.7 Å². The van der Waals surface area contributed by atoms with Gasteiger partial charge in [0.25, 0.3) is 0 Å². The minimum Gasteiger partial charge on any atom is -0.493 e. The molecule has 0 bridgehead atoms. The summed E-state index contributed by atoms with van der Waals surface area (Å²) < 4.78 is 12.6. The first-order chi connectivity index (χ1) is 10.7. The number of anilines is 1. The maximum absolute atomic E-state index is 11.8. The van der Waals surface area contributed by atoms with Crippen LogP contribution in [0.2, 0.25) is 0 Å². The van der Waals surface area contributed by atoms with Gasteiger partial charge in [0.2, 0.25) is 11.9 Å². The van der Waals surface area contributed by atoms with Gasteiger partial charge in [0.1, 0.15) is 12.9 Å². The van der Waals surface area contributed by atoms with E-state index in [-0.39, 0.29) is 11.9 Å². The Morgan fingerprint density at radius 3 is 3.14 bits per heavy atom. The largest absolute Gasteiger partial charge is 0.493 e. The Bertz CT molecular complexity index is 711. The molecule has 2 heterocycles. The van der Waals surface area contributed by atoms with Crippen LogP contribution in [-0.2, 0) is 4.79 Å². The van der Waals surface area contributed by atoms with Crippen molar-refractivity contribution < 1.29 is 14.3 Å². The molecule has 3 rings (SSSR count). The zero-order chi connectivity index (χ0) is 15.5. The summed E-state index contributed by atoms with van der Waals surface area (Å²) in [7, 11) is 1.58. The molecule has 0 spiro atoms. The molecule has 0 aliphatic carbocycles. The van der Waals surface area contributed by atoms with Gasteiger partial charge < -0.3 is 9.47 Å². The third kappa shape index (κ3) is 2.52. The van der Waals surface area contributed by atoms with Crippen molar-refractivity contribution in [2.75, 3.05) is 19.0 Å². The zero-order valence-electron chi connectivity index (χ0n) is 12.2. The first kappa shape index (κ1) is 14.1. The average Bonchev–Trinajstić information content (AvgIpc) is 3.00. The molecule has 1 aromatic carbocycles. The highest BCUT2D eigenvalue weighted by atomic mass is 16.5. The number of fused-ring (bicyclic) bond motifs is 1. The summed E-state index contributed by atoms with van der Waals surface area (Å²) in [5, 5.41) is 6.87. The molecule has 2 aromatic rings. The quantitative estimate of drug-likeness (QED) is 0.852. The molecule has 1 N–H and O–H groups in total. The van der Waals surface area contributed by atoms with Crippen molar-refractivity contribution in [1.82, 2.24) is 14.8 Å². The molecule has 7 nitrogen and oxygen atoms in total. The summed E-state index contributed by atoms with van der Waals surface area (Å²) in [5.74, 6) is 1.60. The van der Waals surface area contributed by atoms with Crippen LogP contribution in [0.4, 0.5) is 5.95 Å². The van der Waals surface area contributed by atoms with E-state index in [0.29, 0.717) is 30.5 Å². The second kappa shape index (κ2) is 5.88. The van der Waals surface area contributed by atoms with Crippen LogP contribution in [0.25, 0.3) is 0 Å². The zero-order valence-corrected chi connectivity index (χ0v) is 12.2. The number of hydrogen-bond acceptors (Lipinski definition) is 5. The van der Waals surface area contributed by atoms with Gasteiger partial charge in [0, 0.05) is 0 Å². The molecule has 1 amide bonds. The number of rotatable bonds is 5. The number of carbonyl (C=O) groups excluding carboxylic acids is 1. The fourth-order valence-corrected chi connectivity index (χ4v) is 2.42. The minimum atomic E-state index is -0.214. The number of carbonyl (C=O) groups is 1. The van der Waals surface area contributed by atoms with Crippen LogP contribution in [-0.4, -0.2) is 34.4 Å². The number of methoxy groups -OCH3 is 1. The van der Waals surface area contributed by atoms with E-state index in [1.165, 1.54) is 6.33 Å². The summed E-state index contributed by atoms with van der Waals surface area (Å²) in [5.41, 5.74) is 0.907. The van der Waals surface area contributed by atoms with Gasteiger partial charge in [0.05, 0.1) is 19.6 Å². The molecule has 0 radical (unpaired) electrons. The van der Waals surface area contributed by atoms with Gasteiger partial charge >= 0.3 is 0 Å². The maximum atomic E-state index is 11.8. The molecule has 22 heavy (non-hydrogen) atoms. The summed E-state index contributed by atoms with van der Waals surface area (Å²) >= 11 is 0. The highest BCUT2D eigenvalue weighted by Gasteiger charge is 2.28. The van der Waals surface area contributed by atoms with Crippen molar-refractivity contribution in [3.05, 3.63) is 42.7 Å². The number of amides is 1. The second-order valence-corrected chi connectivity index (χ2v) is 4.81. The van der Waals surface area contributed by atoms with E-state index in [1.54, 1.807) is 17.9 Å². The van der Waals surface area contributed by atoms with Gasteiger partial charge in [-0.15, -0.1) is 0 Å². The van der Waals surface area contributed by atoms with E-state index >= 15 is 0 Å². The van der Waals surface area contributed by atoms with E-state index in [1.807, 2.05) is 18.2 Å². The van der Waals surface area contributed by atoms with E-state index in [9.17, 15) is 4.79 Å². The summed E-state index contributed by atoms with van der Waals surface area (Å²) in [6.45, 7) is 4.02. The Hall–Kier alpha value is -2.83. The predicted molar refractivity (Wildman–Crippen MR) is 80.1 cm³/mol. The Morgan fingerprint density at radius 1 is 1.50 bits per heavy atom. The van der Waals surface area contributed by atoms with E-state index in [2.05, 4.69) is 22.0 Å². The molecular formula is C15H16N4O3. The number of hydrogen-bond donors (Lipinski definition) is 1. The number of nitrogens with one attached hydrogen (secondary N) is 1. The Kier molecular flexibility index (Phi) is 3.78. The molecule has 0 saturated carbocycles. The number of nitrogens with zero attached hydrogens (tertiary/aromatic N) is 3. The summed E-state index contributed by atoms with van der Waals surface area (Å²) in [6, 6.07) is 5.36. The lowest BCUT2D eigenvalue weighted by molar-refractivity contribution is -0.117. The van der Waals surface area contributed by atoms with Crippen LogP contribution in [0.15, 0.2) is 37.2 Å². The van der Waals surface area contributed by atoms with E-state index in [0.717, 1.165) is 5.56 Å². The smallest absolute Gasteiger partial charge is 0.229 e. The second-order valence-electron chi connectivity index (χ2n) is 4.81. The molecule has 114 valence electrons. The van der Waals surface area contributed by atoms with Crippen molar-refractivity contribution in [1.29, 1.82) is 0 Å². The SMILES string of the molecule is C=CCOc1ccc([C@@H]2CC(=O)Nc3ncnn32)cc1OC. The minimum absolute atomic E-state index is 0.0866. The Morgan fingerprint density at radius 2 is 2.36 bits per heavy atom. The third-order valence-electron chi connectivity index (χ3n) is 3.43. The highest BCUT2D eigenvalue weighted by molar-refractivity contribution is 5.91. The lowest BCUT2D eigenvalue weighted by atomic mass is 10.0. The van der Waals surface area contributed by atoms with Crippen molar-refractivity contribution in [2.24, 2.45) is 0 Å². The van der Waals surface area contributed by atoms with Crippen LogP contribution in [0.1, 0.15) is 18.0 Å². The number of benzene rings is 1. The van der Waals surface area contributed by atoms with Gasteiger partial charge in [-0.3, -0.25) is 10.1 Å². The fraction of sp³-hybridized carbons (Fsp3) is 0.267. The van der Waals surface area contributed by atoms with Crippen molar-refractivity contribution in [2.45, 2.75) is 12.5 Å². The third-order valence-corrected chi connectivity index (χ3v) is 3.43. The fourth-order valence-electron chi connectivity index (χ4n) is 2.42. The van der Waals surface area contributed by atoms with Gasteiger partial charge in [-0.2, -0.15) is 10.1 Å². The maximum Gasteiger partial charge on any atom is 0.229 e. The molecule has 0 unspecified atom stereocenters. The summed E-state index contributed by atoms with van der Waals surface area (Å²) in [6.07, 6.45) is 3.39. The molecule has 7 heteroatoms. The molecule has 1 aliphatic rings. The molecule has 0 fully saturated rings. The van der Waals surface area contributed by atoms with Crippen LogP contribution >= 0.6 is 0 Å². The standard InChI is InChI=1S/C15H16N4O3/c1-3-6-22-12-5-4-10(7-13(12)21-2)11-8-14(20)18-15-16-9-17-19(11)15/h3-5,7,9,11H,1,6,8H2,2H3,(H,16,17,18,20)/t11-/m0/s1. The van der Waals surface area contributed by atoms with Gasteiger partial charge in [0.15, 0.2) is 11.5 Å². The predicted octanol–water partition coefficient (Wildman–Crippen LogP) is 1.78. The first-order valence-corrected chi connectivity index (χ1v) is 6.84. The van der Waals surface area contributed by atoms with E-state index in [4.69, 9.17) is 9.47 Å². The molecule has 0 saturated heterocycles. The van der Waals surface area contributed by atoms with Gasteiger partial charge in [-0.25, -0.2) is 4.68 Å². The molecule has 1 atom stereocenters. The Labute approximate surface area is 127 Å². The molecule has 1 aliphatic heterocycles. The lowest BCUT2D eigenvalue weighted by Crippen LogP contribution is -2.29. The number of aromatic nitrogens is 3. The van der Waals surface area contributed by atoms with Crippen molar-refractivity contribution in [3.63, 3.8) is 0 Å². The summed E-state index contributed by atoms with van der Waals surface area (Å²) in [4.78, 5) is 15.8. The number of ether oxygens (including phenoxy) is 2. The van der Waals surface area contributed by atoms with Crippen molar-refractivity contribution >= 4 is 11.9 Å². The monoisotopic (exact) mass is 300 g/mol. The van der Waals surface area contributed by atoms with Crippen molar-refractivity contribution in [3.8, 4) is 11.5 Å². The molecule has 1 aromatic heterocycles. The van der Waals surface area contributed by atoms with Crippen LogP contribution < -0.4 is 14.8 Å². The van der Waals surface area contributed by atoms with Crippen LogP contribution in [0.5, 0.6) is 11.5 Å². The normalized spacial score (nSPS) is 16.6. The van der Waals surface area contributed by atoms with Crippen LogP contribution in [0, 0.1) is 0 Å². The lowest BCUT2D eigenvalue weighted by Gasteiger charge is -2.24. The highest BCUT2D eigenvalue weighted by Crippen LogP contribution is 2.34. The molecular weight excluding hydrogens is 284 g/mol. The topological polar surface area (TPSA) is 78.3 Å². The van der Waals surface area contributed by atoms with Crippen LogP contribution in [0.3, 0.4) is 0 Å². The Balaban J connectivity index is 1.96. The van der Waals surface area contributed by atoms with E-state index < -0.39 is 0 Å². The average molecular weight is 300 g/mol. The first-order valence-electron chi connectivity index (χ1n) is 6.84. The van der Waals surface area contributed by atoms with Gasteiger partial charge in [-0.05, 0) is 17.7 Å².